The van der Waals surface area contributed by atoms with Gasteiger partial charge >= 0.3 is 0 Å². The predicted molar refractivity (Wildman–Crippen MR) is 145 cm³/mol. The molecule has 7 nitrogen and oxygen atoms in total. The standard InChI is InChI=1S/C25H36N4O3.HI/c1-6-26-25(27-15-14-19(2)21-10-12-22(31-5)13-11-21)28-17-20-8-7-9-23(16-20)32-18-24(30)29(3)4;/h7-13,16,19H,6,14-15,17-18H2,1-5H3,(H2,26,27,28);1H. The zero-order valence-corrected chi connectivity index (χ0v) is 22.6. The van der Waals surface area contributed by atoms with E-state index >= 15 is 0 Å². The Labute approximate surface area is 215 Å². The summed E-state index contributed by atoms with van der Waals surface area (Å²) in [7, 11) is 5.10. The average molecular weight is 569 g/mol. The maximum Gasteiger partial charge on any atom is 0.259 e. The summed E-state index contributed by atoms with van der Waals surface area (Å²) in [5.41, 5.74) is 2.31. The lowest BCUT2D eigenvalue weighted by molar-refractivity contribution is -0.130. The number of likely N-dealkylation sites (N-methyl/N-ethyl adjacent to an activating group) is 1. The second-order valence-electron chi connectivity index (χ2n) is 7.81. The molecule has 1 unspecified atom stereocenters. The number of halogens is 1. The maximum absolute atomic E-state index is 11.7. The number of hydrogen-bond donors (Lipinski definition) is 2. The molecule has 182 valence electrons. The number of aliphatic imine (C=N–C) groups is 1. The molecule has 2 rings (SSSR count). The third-order valence-electron chi connectivity index (χ3n) is 5.08. The normalized spacial score (nSPS) is 11.7. The highest BCUT2D eigenvalue weighted by atomic mass is 127. The number of ether oxygens (including phenoxy) is 2. The van der Waals surface area contributed by atoms with Crippen molar-refractivity contribution in [2.24, 2.45) is 4.99 Å². The van der Waals surface area contributed by atoms with Crippen LogP contribution in [0, 0.1) is 0 Å². The first-order valence-electron chi connectivity index (χ1n) is 11.0. The Morgan fingerprint density at radius 1 is 1.09 bits per heavy atom. The van der Waals surface area contributed by atoms with Gasteiger partial charge in [-0.1, -0.05) is 31.2 Å². The van der Waals surface area contributed by atoms with E-state index in [1.165, 1.54) is 10.5 Å². The zero-order chi connectivity index (χ0) is 23.3. The van der Waals surface area contributed by atoms with Crippen LogP contribution >= 0.6 is 24.0 Å². The number of benzene rings is 2. The van der Waals surface area contributed by atoms with E-state index in [2.05, 4.69) is 34.7 Å². The molecule has 0 aliphatic heterocycles. The minimum Gasteiger partial charge on any atom is -0.497 e. The molecule has 2 aromatic rings. The van der Waals surface area contributed by atoms with Crippen LogP contribution in [0.25, 0.3) is 0 Å². The molecule has 2 N–H and O–H groups in total. The summed E-state index contributed by atoms with van der Waals surface area (Å²) >= 11 is 0. The molecule has 0 saturated carbocycles. The van der Waals surface area contributed by atoms with Crippen molar-refractivity contribution in [1.29, 1.82) is 0 Å². The predicted octanol–water partition coefficient (Wildman–Crippen LogP) is 4.03. The van der Waals surface area contributed by atoms with Crippen molar-refractivity contribution < 1.29 is 14.3 Å². The summed E-state index contributed by atoms with van der Waals surface area (Å²) in [4.78, 5) is 17.9. The number of methoxy groups -OCH3 is 1. The Bertz CT molecular complexity index is 872. The lowest BCUT2D eigenvalue weighted by atomic mass is 9.98. The molecule has 0 spiro atoms. The minimum atomic E-state index is -0.0732. The van der Waals surface area contributed by atoms with Gasteiger partial charge in [0.2, 0.25) is 0 Å². The second-order valence-corrected chi connectivity index (χ2v) is 7.81. The molecule has 8 heteroatoms. The third kappa shape index (κ3) is 10.3. The van der Waals surface area contributed by atoms with E-state index < -0.39 is 0 Å². The largest absolute Gasteiger partial charge is 0.497 e. The molecule has 1 amide bonds. The molecule has 0 bridgehead atoms. The summed E-state index contributed by atoms with van der Waals surface area (Å²) in [6.07, 6.45) is 0.986. The van der Waals surface area contributed by atoms with Crippen LogP contribution in [0.3, 0.4) is 0 Å². The van der Waals surface area contributed by atoms with Gasteiger partial charge < -0.3 is 25.0 Å². The van der Waals surface area contributed by atoms with Gasteiger partial charge in [0.1, 0.15) is 11.5 Å². The first kappa shape index (κ1) is 28.5. The SMILES string of the molecule is CCNC(=NCc1cccc(OCC(=O)N(C)C)c1)NCCC(C)c1ccc(OC)cc1.I. The van der Waals surface area contributed by atoms with E-state index in [4.69, 9.17) is 9.47 Å². The Balaban J connectivity index is 0.00000544. The van der Waals surface area contributed by atoms with Gasteiger partial charge in [-0.15, -0.1) is 24.0 Å². The fraction of sp³-hybridized carbons (Fsp3) is 0.440. The molecular formula is C25H37IN4O3. The monoisotopic (exact) mass is 568 g/mol. The minimum absolute atomic E-state index is 0. The van der Waals surface area contributed by atoms with Gasteiger partial charge in [-0.25, -0.2) is 4.99 Å². The Hall–Kier alpha value is -2.49. The highest BCUT2D eigenvalue weighted by molar-refractivity contribution is 14.0. The molecule has 0 heterocycles. The summed E-state index contributed by atoms with van der Waals surface area (Å²) in [5.74, 6) is 2.67. The fourth-order valence-electron chi connectivity index (χ4n) is 3.03. The van der Waals surface area contributed by atoms with Gasteiger partial charge in [0.25, 0.3) is 5.91 Å². The van der Waals surface area contributed by atoms with Crippen molar-refractivity contribution in [2.75, 3.05) is 40.9 Å². The summed E-state index contributed by atoms with van der Waals surface area (Å²) in [5, 5.41) is 6.70. The van der Waals surface area contributed by atoms with E-state index in [1.807, 2.05) is 43.3 Å². The Morgan fingerprint density at radius 2 is 1.82 bits per heavy atom. The molecule has 0 saturated heterocycles. The van der Waals surface area contributed by atoms with Gasteiger partial charge in [0, 0.05) is 27.2 Å². The highest BCUT2D eigenvalue weighted by Crippen LogP contribution is 2.21. The van der Waals surface area contributed by atoms with Crippen LogP contribution in [0.1, 0.15) is 37.3 Å². The summed E-state index contributed by atoms with van der Waals surface area (Å²) in [6, 6.07) is 15.9. The first-order valence-corrected chi connectivity index (χ1v) is 11.0. The number of nitrogens with one attached hydrogen (secondary N) is 2. The molecular weight excluding hydrogens is 531 g/mol. The van der Waals surface area contributed by atoms with Crippen molar-refractivity contribution in [3.05, 3.63) is 59.7 Å². The van der Waals surface area contributed by atoms with E-state index in [-0.39, 0.29) is 36.5 Å². The fourth-order valence-corrected chi connectivity index (χ4v) is 3.03. The van der Waals surface area contributed by atoms with Crippen LogP contribution in [0.2, 0.25) is 0 Å². The van der Waals surface area contributed by atoms with Gasteiger partial charge in [0.15, 0.2) is 12.6 Å². The number of rotatable bonds is 11. The number of guanidine groups is 1. The number of hydrogen-bond acceptors (Lipinski definition) is 4. The summed E-state index contributed by atoms with van der Waals surface area (Å²) < 4.78 is 10.8. The van der Waals surface area contributed by atoms with E-state index in [0.29, 0.717) is 18.2 Å². The van der Waals surface area contributed by atoms with Crippen LogP contribution in [0.5, 0.6) is 11.5 Å². The van der Waals surface area contributed by atoms with Crippen LogP contribution in [0.4, 0.5) is 0 Å². The van der Waals surface area contributed by atoms with Crippen LogP contribution in [-0.4, -0.2) is 57.7 Å². The third-order valence-corrected chi connectivity index (χ3v) is 5.08. The molecule has 0 aliphatic rings. The number of carbonyl (C=O) groups is 1. The molecule has 33 heavy (non-hydrogen) atoms. The number of amides is 1. The molecule has 0 radical (unpaired) electrons. The topological polar surface area (TPSA) is 75.2 Å². The van der Waals surface area contributed by atoms with E-state index in [9.17, 15) is 4.79 Å². The second kappa shape index (κ2) is 15.4. The Morgan fingerprint density at radius 3 is 2.45 bits per heavy atom. The molecule has 0 aromatic heterocycles. The van der Waals surface area contributed by atoms with Gasteiger partial charge in [-0.3, -0.25) is 4.79 Å². The molecule has 0 aliphatic carbocycles. The lowest BCUT2D eigenvalue weighted by Crippen LogP contribution is -2.38. The quantitative estimate of drug-likeness (QED) is 0.243. The molecule has 0 fully saturated rings. The Kier molecular flexibility index (Phi) is 13.3. The van der Waals surface area contributed by atoms with E-state index in [0.717, 1.165) is 36.8 Å². The summed E-state index contributed by atoms with van der Waals surface area (Å²) in [6.45, 7) is 6.41. The smallest absolute Gasteiger partial charge is 0.259 e. The molecule has 1 atom stereocenters. The van der Waals surface area contributed by atoms with Crippen molar-refractivity contribution in [3.8, 4) is 11.5 Å². The van der Waals surface area contributed by atoms with Crippen molar-refractivity contribution in [3.63, 3.8) is 0 Å². The van der Waals surface area contributed by atoms with Crippen LogP contribution in [0.15, 0.2) is 53.5 Å². The zero-order valence-electron chi connectivity index (χ0n) is 20.3. The molecule has 2 aromatic carbocycles. The van der Waals surface area contributed by atoms with Crippen molar-refractivity contribution in [1.82, 2.24) is 15.5 Å². The van der Waals surface area contributed by atoms with Crippen molar-refractivity contribution in [2.45, 2.75) is 32.7 Å². The van der Waals surface area contributed by atoms with E-state index in [1.54, 1.807) is 21.2 Å². The number of nitrogens with zero attached hydrogens (tertiary/aromatic N) is 2. The first-order chi connectivity index (χ1) is 15.4. The van der Waals surface area contributed by atoms with Gasteiger partial charge in [-0.2, -0.15) is 0 Å². The average Bonchev–Trinajstić information content (AvgIpc) is 2.81. The lowest BCUT2D eigenvalue weighted by Gasteiger charge is -2.15. The van der Waals surface area contributed by atoms with Gasteiger partial charge in [0.05, 0.1) is 13.7 Å². The van der Waals surface area contributed by atoms with Crippen LogP contribution < -0.4 is 20.1 Å². The maximum atomic E-state index is 11.7. The van der Waals surface area contributed by atoms with Crippen molar-refractivity contribution >= 4 is 35.8 Å². The van der Waals surface area contributed by atoms with Crippen LogP contribution in [-0.2, 0) is 11.3 Å². The van der Waals surface area contributed by atoms with Gasteiger partial charge in [-0.05, 0) is 54.7 Å². The highest BCUT2D eigenvalue weighted by Gasteiger charge is 2.07. The number of carbonyl (C=O) groups excluding carboxylic acids is 1.